The molecule has 0 radical (unpaired) electrons. The van der Waals surface area contributed by atoms with E-state index in [0.717, 1.165) is 16.9 Å². The molecule has 7 heteroatoms. The van der Waals surface area contributed by atoms with E-state index in [-0.39, 0.29) is 12.6 Å². The number of aryl methyl sites for hydroxylation is 1. The molecular formula is C16H16N6O. The Morgan fingerprint density at radius 1 is 1.09 bits per heavy atom. The van der Waals surface area contributed by atoms with Crippen LogP contribution in [0.2, 0.25) is 0 Å². The van der Waals surface area contributed by atoms with E-state index in [4.69, 9.17) is 0 Å². The van der Waals surface area contributed by atoms with E-state index in [9.17, 15) is 4.79 Å². The maximum Gasteiger partial charge on any atom is 0.319 e. The number of aromatic nitrogens is 4. The average Bonchev–Trinajstić information content (AvgIpc) is 3.03. The minimum atomic E-state index is -0.311. The van der Waals surface area contributed by atoms with Gasteiger partial charge in [-0.3, -0.25) is 0 Å². The third-order valence-electron chi connectivity index (χ3n) is 3.25. The van der Waals surface area contributed by atoms with E-state index in [1.165, 1.54) is 0 Å². The van der Waals surface area contributed by atoms with E-state index in [2.05, 4.69) is 26.2 Å². The highest BCUT2D eigenvalue weighted by molar-refractivity contribution is 5.89. The maximum atomic E-state index is 11.9. The quantitative estimate of drug-likeness (QED) is 0.774. The van der Waals surface area contributed by atoms with E-state index >= 15 is 0 Å². The van der Waals surface area contributed by atoms with Gasteiger partial charge in [-0.2, -0.15) is 4.68 Å². The number of rotatable bonds is 4. The number of amides is 2. The first-order valence-corrected chi connectivity index (χ1v) is 7.16. The van der Waals surface area contributed by atoms with Gasteiger partial charge in [-0.25, -0.2) is 4.79 Å². The second-order valence-corrected chi connectivity index (χ2v) is 5.02. The molecule has 3 aromatic rings. The van der Waals surface area contributed by atoms with Crippen molar-refractivity contribution in [1.82, 2.24) is 25.5 Å². The Morgan fingerprint density at radius 3 is 2.57 bits per heavy atom. The van der Waals surface area contributed by atoms with Crippen LogP contribution < -0.4 is 10.6 Å². The molecule has 1 aromatic heterocycles. The van der Waals surface area contributed by atoms with Crippen LogP contribution in [-0.4, -0.2) is 26.2 Å². The molecule has 23 heavy (non-hydrogen) atoms. The number of hydrogen-bond acceptors (Lipinski definition) is 4. The summed E-state index contributed by atoms with van der Waals surface area (Å²) in [7, 11) is 0. The fraction of sp³-hybridized carbons (Fsp3) is 0.125. The van der Waals surface area contributed by atoms with Crippen LogP contribution >= 0.6 is 0 Å². The van der Waals surface area contributed by atoms with Crippen LogP contribution in [0.3, 0.4) is 0 Å². The van der Waals surface area contributed by atoms with E-state index < -0.39 is 0 Å². The summed E-state index contributed by atoms with van der Waals surface area (Å²) in [6, 6.07) is 16.7. The first-order valence-electron chi connectivity index (χ1n) is 7.16. The minimum absolute atomic E-state index is 0.222. The van der Waals surface area contributed by atoms with Crippen molar-refractivity contribution < 1.29 is 4.79 Å². The standard InChI is InChI=1S/C16H16N6O/c1-12-7-9-14(10-8-12)22-15(19-20-21-22)11-17-16(23)18-13-5-3-2-4-6-13/h2-10H,11H2,1H3,(H2,17,18,23). The van der Waals surface area contributed by atoms with Gasteiger partial charge in [0.25, 0.3) is 0 Å². The first-order chi connectivity index (χ1) is 11.2. The van der Waals surface area contributed by atoms with Gasteiger partial charge in [-0.1, -0.05) is 35.9 Å². The fourth-order valence-corrected chi connectivity index (χ4v) is 2.06. The largest absolute Gasteiger partial charge is 0.330 e. The lowest BCUT2D eigenvalue weighted by atomic mass is 10.2. The lowest BCUT2D eigenvalue weighted by Gasteiger charge is -2.08. The van der Waals surface area contributed by atoms with Crippen LogP contribution in [0.25, 0.3) is 5.69 Å². The summed E-state index contributed by atoms with van der Waals surface area (Å²) in [5, 5.41) is 17.1. The second kappa shape index (κ2) is 6.69. The van der Waals surface area contributed by atoms with Gasteiger partial charge < -0.3 is 10.6 Å². The molecule has 0 saturated heterocycles. The first kappa shape index (κ1) is 14.7. The Balaban J connectivity index is 1.64. The number of urea groups is 1. The van der Waals surface area contributed by atoms with Crippen molar-refractivity contribution in [2.75, 3.05) is 5.32 Å². The van der Waals surface area contributed by atoms with Crippen LogP contribution in [-0.2, 0) is 6.54 Å². The molecule has 0 bridgehead atoms. The topological polar surface area (TPSA) is 84.7 Å². The van der Waals surface area contributed by atoms with Gasteiger partial charge in [0.05, 0.1) is 12.2 Å². The lowest BCUT2D eigenvalue weighted by Crippen LogP contribution is -2.29. The summed E-state index contributed by atoms with van der Waals surface area (Å²) in [5.41, 5.74) is 2.73. The van der Waals surface area contributed by atoms with Gasteiger partial charge in [-0.05, 0) is 41.6 Å². The summed E-state index contributed by atoms with van der Waals surface area (Å²) < 4.78 is 1.60. The number of para-hydroxylation sites is 1. The number of carbonyl (C=O) groups is 1. The highest BCUT2D eigenvalue weighted by atomic mass is 16.2. The molecule has 2 amide bonds. The zero-order valence-electron chi connectivity index (χ0n) is 12.6. The van der Waals surface area contributed by atoms with Gasteiger partial charge in [-0.15, -0.1) is 5.10 Å². The van der Waals surface area contributed by atoms with Gasteiger partial charge >= 0.3 is 6.03 Å². The van der Waals surface area contributed by atoms with Crippen molar-refractivity contribution in [2.24, 2.45) is 0 Å². The van der Waals surface area contributed by atoms with Crippen LogP contribution in [0, 0.1) is 6.92 Å². The summed E-state index contributed by atoms with van der Waals surface area (Å²) in [6.45, 7) is 2.24. The molecule has 0 fully saturated rings. The van der Waals surface area contributed by atoms with Crippen LogP contribution in [0.4, 0.5) is 10.5 Å². The van der Waals surface area contributed by atoms with E-state index in [0.29, 0.717) is 5.82 Å². The molecule has 2 N–H and O–H groups in total. The molecule has 0 saturated carbocycles. The Morgan fingerprint density at radius 2 is 1.83 bits per heavy atom. The molecular weight excluding hydrogens is 292 g/mol. The Hall–Kier alpha value is -3.22. The molecule has 0 atom stereocenters. The predicted octanol–water partition coefficient (Wildman–Crippen LogP) is 2.29. The normalized spacial score (nSPS) is 10.3. The maximum absolute atomic E-state index is 11.9. The third-order valence-corrected chi connectivity index (χ3v) is 3.25. The third kappa shape index (κ3) is 3.70. The van der Waals surface area contributed by atoms with Gasteiger partial charge in [0, 0.05) is 5.69 Å². The molecule has 7 nitrogen and oxygen atoms in total. The zero-order valence-corrected chi connectivity index (χ0v) is 12.6. The SMILES string of the molecule is Cc1ccc(-n2nnnc2CNC(=O)Nc2ccccc2)cc1. The summed E-state index contributed by atoms with van der Waals surface area (Å²) in [5.74, 6) is 0.553. The summed E-state index contributed by atoms with van der Waals surface area (Å²) >= 11 is 0. The monoisotopic (exact) mass is 308 g/mol. The highest BCUT2D eigenvalue weighted by Gasteiger charge is 2.09. The number of hydrogen-bond donors (Lipinski definition) is 2. The smallest absolute Gasteiger partial charge is 0.319 e. The summed E-state index contributed by atoms with van der Waals surface area (Å²) in [6.07, 6.45) is 0. The molecule has 0 spiro atoms. The number of carbonyl (C=O) groups excluding carboxylic acids is 1. The van der Waals surface area contributed by atoms with Crippen molar-refractivity contribution >= 4 is 11.7 Å². The second-order valence-electron chi connectivity index (χ2n) is 5.02. The number of benzene rings is 2. The highest BCUT2D eigenvalue weighted by Crippen LogP contribution is 2.09. The van der Waals surface area contributed by atoms with Crippen LogP contribution in [0.5, 0.6) is 0 Å². The fourth-order valence-electron chi connectivity index (χ4n) is 2.06. The molecule has 0 unspecified atom stereocenters. The van der Waals surface area contributed by atoms with Crippen molar-refractivity contribution in [3.05, 3.63) is 66.0 Å². The average molecular weight is 308 g/mol. The molecule has 1 heterocycles. The molecule has 2 aromatic carbocycles. The number of anilines is 1. The minimum Gasteiger partial charge on any atom is -0.330 e. The van der Waals surface area contributed by atoms with Gasteiger partial charge in [0.1, 0.15) is 0 Å². The molecule has 0 aliphatic heterocycles. The predicted molar refractivity (Wildman–Crippen MR) is 86.2 cm³/mol. The molecule has 0 aliphatic carbocycles. The van der Waals surface area contributed by atoms with Crippen LogP contribution in [0.15, 0.2) is 54.6 Å². The summed E-state index contributed by atoms with van der Waals surface area (Å²) in [4.78, 5) is 11.9. The van der Waals surface area contributed by atoms with Crippen LogP contribution in [0.1, 0.15) is 11.4 Å². The van der Waals surface area contributed by atoms with Crippen molar-refractivity contribution in [1.29, 1.82) is 0 Å². The molecule has 3 rings (SSSR count). The number of nitrogens with zero attached hydrogens (tertiary/aromatic N) is 4. The lowest BCUT2D eigenvalue weighted by molar-refractivity contribution is 0.251. The Kier molecular flexibility index (Phi) is 4.28. The number of nitrogens with one attached hydrogen (secondary N) is 2. The van der Waals surface area contributed by atoms with E-state index in [1.807, 2.05) is 61.5 Å². The Labute approximate surface area is 133 Å². The molecule has 0 aliphatic rings. The van der Waals surface area contributed by atoms with E-state index in [1.54, 1.807) is 4.68 Å². The zero-order chi connectivity index (χ0) is 16.1. The van der Waals surface area contributed by atoms with Crippen molar-refractivity contribution in [3.8, 4) is 5.69 Å². The van der Waals surface area contributed by atoms with Gasteiger partial charge in [0.15, 0.2) is 5.82 Å². The van der Waals surface area contributed by atoms with Gasteiger partial charge in [0.2, 0.25) is 0 Å². The Bertz CT molecular complexity index is 782. The van der Waals surface area contributed by atoms with Crippen molar-refractivity contribution in [3.63, 3.8) is 0 Å². The number of tetrazole rings is 1. The van der Waals surface area contributed by atoms with Crippen molar-refractivity contribution in [2.45, 2.75) is 13.5 Å². The molecule has 116 valence electrons.